The average molecular weight is 473 g/mol. The lowest BCUT2D eigenvalue weighted by atomic mass is 9.89. The third kappa shape index (κ3) is 8.04. The fourth-order valence-corrected chi connectivity index (χ4v) is 3.77. The van der Waals surface area contributed by atoms with Gasteiger partial charge in [0, 0.05) is 23.0 Å². The first-order valence-corrected chi connectivity index (χ1v) is 11.5. The molecule has 0 unspecified atom stereocenters. The number of Topliss-reactive ketones (excluding diaryl/α,β-unsaturated/α-hetero) is 1. The Hall–Kier alpha value is -1.98. The molecule has 0 aliphatic carbocycles. The van der Waals surface area contributed by atoms with Crippen molar-refractivity contribution in [2.24, 2.45) is 0 Å². The molecule has 0 aromatic heterocycles. The van der Waals surface area contributed by atoms with E-state index < -0.39 is 0 Å². The van der Waals surface area contributed by atoms with Crippen LogP contribution in [-0.4, -0.2) is 36.2 Å². The molecule has 162 valence electrons. The number of hydrogen-bond acceptors (Lipinski definition) is 3. The number of allylic oxidation sites excluding steroid dienone is 5. The Morgan fingerprint density at radius 2 is 2.00 bits per heavy atom. The molecule has 1 aromatic carbocycles. The van der Waals surface area contributed by atoms with E-state index in [1.54, 1.807) is 6.08 Å². The summed E-state index contributed by atoms with van der Waals surface area (Å²) >= 11 is 3.36. The van der Waals surface area contributed by atoms with E-state index in [1.807, 2.05) is 38.1 Å². The summed E-state index contributed by atoms with van der Waals surface area (Å²) in [6.07, 6.45) is 9.58. The summed E-state index contributed by atoms with van der Waals surface area (Å²) in [6.45, 7) is 10.5. The van der Waals surface area contributed by atoms with Gasteiger partial charge in [0.1, 0.15) is 0 Å². The quantitative estimate of drug-likeness (QED) is 0.336. The summed E-state index contributed by atoms with van der Waals surface area (Å²) in [5, 5.41) is 2.95. The monoisotopic (exact) mass is 472 g/mol. The van der Waals surface area contributed by atoms with Crippen LogP contribution in [0, 0.1) is 0 Å². The van der Waals surface area contributed by atoms with Gasteiger partial charge >= 0.3 is 0 Å². The normalized spacial score (nSPS) is 16.4. The van der Waals surface area contributed by atoms with Crippen molar-refractivity contribution in [1.82, 2.24) is 4.90 Å². The van der Waals surface area contributed by atoms with Gasteiger partial charge in [-0.2, -0.15) is 0 Å². The highest BCUT2D eigenvalue weighted by molar-refractivity contribution is 9.11. The number of benzene rings is 1. The van der Waals surface area contributed by atoms with E-state index in [1.165, 1.54) is 5.56 Å². The van der Waals surface area contributed by atoms with Crippen molar-refractivity contribution in [2.45, 2.75) is 51.9 Å². The highest BCUT2D eigenvalue weighted by atomic mass is 79.9. The minimum atomic E-state index is 0.0472. The van der Waals surface area contributed by atoms with Crippen LogP contribution in [0.3, 0.4) is 0 Å². The number of nitrogens with one attached hydrogen (secondary N) is 1. The molecule has 2 rings (SSSR count). The lowest BCUT2D eigenvalue weighted by molar-refractivity contribution is -0.116. The van der Waals surface area contributed by atoms with Crippen LogP contribution in [0.1, 0.15) is 57.4 Å². The third-order valence-corrected chi connectivity index (χ3v) is 6.14. The molecule has 4 nitrogen and oxygen atoms in total. The van der Waals surface area contributed by atoms with Crippen molar-refractivity contribution in [3.63, 3.8) is 0 Å². The Balaban J connectivity index is 1.76. The molecule has 30 heavy (non-hydrogen) atoms. The van der Waals surface area contributed by atoms with Crippen LogP contribution in [0.4, 0.5) is 5.69 Å². The van der Waals surface area contributed by atoms with Gasteiger partial charge in [0.15, 0.2) is 5.78 Å². The molecule has 5 heteroatoms. The van der Waals surface area contributed by atoms with E-state index in [0.717, 1.165) is 54.6 Å². The molecule has 1 aliphatic rings. The van der Waals surface area contributed by atoms with Crippen LogP contribution in [0.25, 0.3) is 0 Å². The van der Waals surface area contributed by atoms with Crippen LogP contribution < -0.4 is 5.32 Å². The van der Waals surface area contributed by atoms with Crippen LogP contribution in [0.15, 0.2) is 59.1 Å². The molecule has 1 aliphatic heterocycles. The minimum absolute atomic E-state index is 0.0472. The molecule has 0 bridgehead atoms. The SMILES string of the molecule is C=C/C(Br)=C\C=C(/C)C(=O)CCCN1CCC(c2cccc(NC(=O)CC)c2)CC1. The van der Waals surface area contributed by atoms with Crippen LogP contribution in [0.5, 0.6) is 0 Å². The number of carbonyl (C=O) groups excluding carboxylic acids is 2. The van der Waals surface area contributed by atoms with Crippen molar-refractivity contribution < 1.29 is 9.59 Å². The topological polar surface area (TPSA) is 49.4 Å². The maximum absolute atomic E-state index is 12.3. The summed E-state index contributed by atoms with van der Waals surface area (Å²) in [5.41, 5.74) is 2.97. The highest BCUT2D eigenvalue weighted by Crippen LogP contribution is 2.29. The lowest BCUT2D eigenvalue weighted by Crippen LogP contribution is -2.33. The molecule has 0 radical (unpaired) electrons. The van der Waals surface area contributed by atoms with Crippen LogP contribution in [-0.2, 0) is 9.59 Å². The predicted octanol–water partition coefficient (Wildman–Crippen LogP) is 5.97. The van der Waals surface area contributed by atoms with Gasteiger partial charge in [-0.3, -0.25) is 9.59 Å². The Kier molecular flexibility index (Phi) is 10.2. The average Bonchev–Trinajstić information content (AvgIpc) is 2.77. The van der Waals surface area contributed by atoms with E-state index in [0.29, 0.717) is 18.8 Å². The lowest BCUT2D eigenvalue weighted by Gasteiger charge is -2.32. The first-order valence-electron chi connectivity index (χ1n) is 10.7. The Bertz CT molecular complexity index is 805. The largest absolute Gasteiger partial charge is 0.326 e. The Morgan fingerprint density at radius 1 is 1.27 bits per heavy atom. The number of carbonyl (C=O) groups is 2. The summed E-state index contributed by atoms with van der Waals surface area (Å²) in [7, 11) is 0. The van der Waals surface area contributed by atoms with Crippen molar-refractivity contribution >= 4 is 33.3 Å². The van der Waals surface area contributed by atoms with Crippen molar-refractivity contribution in [3.05, 3.63) is 64.7 Å². The fourth-order valence-electron chi connectivity index (χ4n) is 3.64. The molecule has 1 N–H and O–H groups in total. The first-order chi connectivity index (χ1) is 14.4. The molecular weight excluding hydrogens is 440 g/mol. The van der Waals surface area contributed by atoms with E-state index in [9.17, 15) is 9.59 Å². The number of likely N-dealkylation sites (tertiary alicyclic amines) is 1. The van der Waals surface area contributed by atoms with Gasteiger partial charge in [0.2, 0.25) is 5.91 Å². The minimum Gasteiger partial charge on any atom is -0.326 e. The maximum Gasteiger partial charge on any atom is 0.224 e. The highest BCUT2D eigenvalue weighted by Gasteiger charge is 2.21. The van der Waals surface area contributed by atoms with E-state index in [-0.39, 0.29) is 11.7 Å². The van der Waals surface area contributed by atoms with Crippen LogP contribution in [0.2, 0.25) is 0 Å². The maximum atomic E-state index is 12.3. The molecule has 1 amide bonds. The summed E-state index contributed by atoms with van der Waals surface area (Å²) in [5.74, 6) is 0.782. The number of rotatable bonds is 10. The zero-order valence-electron chi connectivity index (χ0n) is 18.1. The molecule has 0 spiro atoms. The number of anilines is 1. The number of ketones is 1. The second-order valence-corrected chi connectivity index (χ2v) is 8.69. The van der Waals surface area contributed by atoms with Crippen molar-refractivity contribution in [1.29, 1.82) is 0 Å². The third-order valence-electron chi connectivity index (χ3n) is 5.56. The molecule has 1 heterocycles. The van der Waals surface area contributed by atoms with Gasteiger partial charge in [0.05, 0.1) is 0 Å². The summed E-state index contributed by atoms with van der Waals surface area (Å²) < 4.78 is 0.871. The van der Waals surface area contributed by atoms with E-state index >= 15 is 0 Å². The molecule has 0 atom stereocenters. The van der Waals surface area contributed by atoms with Crippen molar-refractivity contribution in [2.75, 3.05) is 25.0 Å². The zero-order valence-corrected chi connectivity index (χ0v) is 19.7. The molecule has 1 aromatic rings. The summed E-state index contributed by atoms with van der Waals surface area (Å²) in [6, 6.07) is 8.25. The molecule has 1 fully saturated rings. The first kappa shape index (κ1) is 24.3. The molecule has 1 saturated heterocycles. The fraction of sp³-hybridized carbons (Fsp3) is 0.440. The summed E-state index contributed by atoms with van der Waals surface area (Å²) in [4.78, 5) is 26.4. The zero-order chi connectivity index (χ0) is 21.9. The molecular formula is C25H33BrN2O2. The second-order valence-electron chi connectivity index (χ2n) is 7.78. The number of piperidine rings is 1. The van der Waals surface area contributed by atoms with Crippen molar-refractivity contribution in [3.8, 4) is 0 Å². The standard InChI is InChI=1S/C25H33BrN2O2/c1-4-22(26)12-11-19(3)24(29)10-7-15-28-16-13-20(14-17-28)21-8-6-9-23(18-21)27-25(30)5-2/h4,6,8-9,11-12,18,20H,1,5,7,10,13-17H2,2-3H3,(H,27,30)/b19-11+,22-12+. The number of halogens is 1. The van der Waals surface area contributed by atoms with Gasteiger partial charge in [-0.25, -0.2) is 0 Å². The smallest absolute Gasteiger partial charge is 0.224 e. The number of hydrogen-bond donors (Lipinski definition) is 1. The number of amides is 1. The Labute approximate surface area is 189 Å². The van der Waals surface area contributed by atoms with Gasteiger partial charge in [-0.15, -0.1) is 0 Å². The van der Waals surface area contributed by atoms with Gasteiger partial charge in [0.25, 0.3) is 0 Å². The van der Waals surface area contributed by atoms with Gasteiger partial charge in [-0.1, -0.05) is 53.7 Å². The van der Waals surface area contributed by atoms with E-state index in [2.05, 4.69) is 44.9 Å². The van der Waals surface area contributed by atoms with Crippen LogP contribution >= 0.6 is 15.9 Å². The molecule has 0 saturated carbocycles. The van der Waals surface area contributed by atoms with E-state index in [4.69, 9.17) is 0 Å². The Morgan fingerprint density at radius 3 is 2.67 bits per heavy atom. The van der Waals surface area contributed by atoms with Gasteiger partial charge in [-0.05, 0) is 81.1 Å². The second kappa shape index (κ2) is 12.7. The predicted molar refractivity (Wildman–Crippen MR) is 129 cm³/mol. The number of nitrogens with zero attached hydrogens (tertiary/aromatic N) is 1. The van der Waals surface area contributed by atoms with Gasteiger partial charge < -0.3 is 10.2 Å².